The highest BCUT2D eigenvalue weighted by Crippen LogP contribution is 2.49. The van der Waals surface area contributed by atoms with Crippen molar-refractivity contribution in [1.82, 2.24) is 4.98 Å². The zero-order valence-electron chi connectivity index (χ0n) is 18.4. The van der Waals surface area contributed by atoms with Crippen molar-refractivity contribution in [3.05, 3.63) is 95.7 Å². The third-order valence-corrected chi connectivity index (χ3v) is 6.63. The number of aromatic amines is 1. The molecule has 6 rings (SSSR count). The number of aryl methyl sites for hydroxylation is 2. The monoisotopic (exact) mass is 437 g/mol. The van der Waals surface area contributed by atoms with Gasteiger partial charge in [-0.05, 0) is 49.7 Å². The van der Waals surface area contributed by atoms with Gasteiger partial charge in [0.05, 0.1) is 17.4 Å². The number of nitrogens with zero attached hydrogens (tertiary/aromatic N) is 2. The van der Waals surface area contributed by atoms with E-state index in [0.717, 1.165) is 33.4 Å². The lowest BCUT2D eigenvalue weighted by molar-refractivity contribution is -0.126. The number of nitrogens with one attached hydrogen (secondary N) is 1. The zero-order chi connectivity index (χ0) is 22.7. The van der Waals surface area contributed by atoms with Gasteiger partial charge in [-0.25, -0.2) is 9.96 Å². The number of H-pyrrole nitrogens is 1. The third kappa shape index (κ3) is 2.91. The Morgan fingerprint density at radius 3 is 2.33 bits per heavy atom. The number of carbonyl (C=O) groups excluding carboxylic acids is 2. The number of hydrogen-bond acceptors (Lipinski definition) is 4. The number of imide groups is 1. The minimum absolute atomic E-state index is 0.233. The number of benzene rings is 3. The van der Waals surface area contributed by atoms with Crippen LogP contribution in [0, 0.1) is 19.8 Å². The number of hydrogen-bond donors (Lipinski definition) is 1. The molecule has 0 aliphatic carbocycles. The Morgan fingerprint density at radius 1 is 0.818 bits per heavy atom. The molecule has 3 atom stereocenters. The predicted octanol–water partition coefficient (Wildman–Crippen LogP) is 4.84. The quantitative estimate of drug-likeness (QED) is 0.466. The van der Waals surface area contributed by atoms with E-state index in [2.05, 4.69) is 4.98 Å². The molecular weight excluding hydrogens is 414 g/mol. The van der Waals surface area contributed by atoms with Crippen LogP contribution in [0.1, 0.15) is 22.9 Å². The molecular formula is C27H23N3O3. The Bertz CT molecular complexity index is 1390. The fourth-order valence-corrected chi connectivity index (χ4v) is 5.21. The first-order valence-corrected chi connectivity index (χ1v) is 11.1. The SMILES string of the molecule is Cc1cccc(N2C(=O)[C@@H]3[C@H](ON(c4ccccc4)[C@@H]3c3c(C)[nH]c4ccccc34)C2=O)c1. The maximum Gasteiger partial charge on any atom is 0.266 e. The van der Waals surface area contributed by atoms with Gasteiger partial charge in [-0.3, -0.25) is 14.4 Å². The lowest BCUT2D eigenvalue weighted by Crippen LogP contribution is -2.37. The first-order valence-electron chi connectivity index (χ1n) is 11.1. The maximum absolute atomic E-state index is 13.8. The highest BCUT2D eigenvalue weighted by atomic mass is 16.7. The minimum atomic E-state index is -0.878. The summed E-state index contributed by atoms with van der Waals surface area (Å²) in [6.45, 7) is 3.95. The Labute approximate surface area is 191 Å². The van der Waals surface area contributed by atoms with Crippen molar-refractivity contribution in [3.8, 4) is 0 Å². The molecule has 4 aromatic rings. The average Bonchev–Trinajstić information content (AvgIpc) is 3.43. The largest absolute Gasteiger partial charge is 0.358 e. The van der Waals surface area contributed by atoms with Gasteiger partial charge in [0, 0.05) is 22.2 Å². The van der Waals surface area contributed by atoms with Crippen molar-refractivity contribution in [1.29, 1.82) is 0 Å². The molecule has 3 aromatic carbocycles. The molecule has 1 N–H and O–H groups in total. The van der Waals surface area contributed by atoms with E-state index < -0.39 is 18.1 Å². The number of anilines is 2. The van der Waals surface area contributed by atoms with Crippen LogP contribution >= 0.6 is 0 Å². The summed E-state index contributed by atoms with van der Waals surface area (Å²) in [6, 6.07) is 24.7. The van der Waals surface area contributed by atoms with Crippen LogP contribution < -0.4 is 9.96 Å². The van der Waals surface area contributed by atoms with Crippen molar-refractivity contribution in [2.24, 2.45) is 5.92 Å². The first kappa shape index (κ1) is 19.8. The van der Waals surface area contributed by atoms with E-state index in [0.29, 0.717) is 5.69 Å². The molecule has 2 amide bonds. The predicted molar refractivity (Wildman–Crippen MR) is 127 cm³/mol. The fourth-order valence-electron chi connectivity index (χ4n) is 5.21. The number of hydroxylamine groups is 1. The van der Waals surface area contributed by atoms with E-state index in [-0.39, 0.29) is 11.8 Å². The number of fused-ring (bicyclic) bond motifs is 2. The van der Waals surface area contributed by atoms with E-state index >= 15 is 0 Å². The highest BCUT2D eigenvalue weighted by molar-refractivity contribution is 6.24. The van der Waals surface area contributed by atoms with Crippen molar-refractivity contribution < 1.29 is 14.4 Å². The summed E-state index contributed by atoms with van der Waals surface area (Å²) in [5.74, 6) is -1.21. The Kier molecular flexibility index (Phi) is 4.38. The van der Waals surface area contributed by atoms with Crippen molar-refractivity contribution in [2.45, 2.75) is 26.0 Å². The van der Waals surface area contributed by atoms with E-state index in [1.807, 2.05) is 86.6 Å². The number of amides is 2. The van der Waals surface area contributed by atoms with E-state index in [1.165, 1.54) is 4.90 Å². The van der Waals surface area contributed by atoms with Gasteiger partial charge in [-0.15, -0.1) is 0 Å². The van der Waals surface area contributed by atoms with E-state index in [9.17, 15) is 9.59 Å². The molecule has 0 saturated carbocycles. The third-order valence-electron chi connectivity index (χ3n) is 6.63. The summed E-state index contributed by atoms with van der Waals surface area (Å²) in [7, 11) is 0. The molecule has 0 unspecified atom stereocenters. The van der Waals surface area contributed by atoms with Gasteiger partial charge in [0.2, 0.25) is 5.91 Å². The number of rotatable bonds is 3. The molecule has 2 aliphatic heterocycles. The van der Waals surface area contributed by atoms with E-state index in [1.54, 1.807) is 11.1 Å². The van der Waals surface area contributed by atoms with Gasteiger partial charge in [0.15, 0.2) is 6.10 Å². The second kappa shape index (κ2) is 7.32. The van der Waals surface area contributed by atoms with Gasteiger partial charge in [-0.1, -0.05) is 48.5 Å². The molecule has 0 radical (unpaired) electrons. The Hall–Kier alpha value is -3.90. The van der Waals surface area contributed by atoms with Crippen LogP contribution in [0.5, 0.6) is 0 Å². The molecule has 6 heteroatoms. The molecule has 0 bridgehead atoms. The second-order valence-corrected chi connectivity index (χ2v) is 8.72. The normalized spacial score (nSPS) is 22.4. The van der Waals surface area contributed by atoms with Gasteiger partial charge >= 0.3 is 0 Å². The highest BCUT2D eigenvalue weighted by Gasteiger charge is 2.60. The van der Waals surface area contributed by atoms with E-state index in [4.69, 9.17) is 4.84 Å². The standard InChI is InChI=1S/C27H23N3O3/c1-16-9-8-12-19(15-16)29-26(31)23-24(22-17(2)28-21-14-7-6-13-20(21)22)30(33-25(23)27(29)32)18-10-4-3-5-11-18/h3-15,23-25,28H,1-2H3/t23-,24+,25-/m0/s1. The Balaban J connectivity index is 1.52. The van der Waals surface area contributed by atoms with Crippen LogP contribution in [0.2, 0.25) is 0 Å². The lowest BCUT2D eigenvalue weighted by atomic mass is 9.89. The van der Waals surface area contributed by atoms with Crippen molar-refractivity contribution in [2.75, 3.05) is 9.96 Å². The van der Waals surface area contributed by atoms with Crippen LogP contribution in [-0.4, -0.2) is 22.9 Å². The zero-order valence-corrected chi connectivity index (χ0v) is 18.4. The minimum Gasteiger partial charge on any atom is -0.358 e. The van der Waals surface area contributed by atoms with Crippen LogP contribution in [-0.2, 0) is 14.4 Å². The summed E-state index contributed by atoms with van der Waals surface area (Å²) in [5, 5.41) is 2.78. The lowest BCUT2D eigenvalue weighted by Gasteiger charge is -2.29. The summed E-state index contributed by atoms with van der Waals surface area (Å²) < 4.78 is 0. The van der Waals surface area contributed by atoms with Crippen molar-refractivity contribution >= 4 is 34.1 Å². The summed E-state index contributed by atoms with van der Waals surface area (Å²) in [5.41, 5.74) is 5.32. The number of aromatic nitrogens is 1. The average molecular weight is 437 g/mol. The summed E-state index contributed by atoms with van der Waals surface area (Å²) in [4.78, 5) is 38.3. The molecule has 2 aliphatic rings. The van der Waals surface area contributed by atoms with Crippen LogP contribution in [0.15, 0.2) is 78.9 Å². The van der Waals surface area contributed by atoms with Gasteiger partial charge < -0.3 is 4.98 Å². The molecule has 6 nitrogen and oxygen atoms in total. The van der Waals surface area contributed by atoms with Crippen LogP contribution in [0.4, 0.5) is 11.4 Å². The number of carbonyl (C=O) groups is 2. The van der Waals surface area contributed by atoms with Crippen LogP contribution in [0.3, 0.4) is 0 Å². The Morgan fingerprint density at radius 2 is 1.55 bits per heavy atom. The molecule has 33 heavy (non-hydrogen) atoms. The topological polar surface area (TPSA) is 65.6 Å². The van der Waals surface area contributed by atoms with Gasteiger partial charge in [-0.2, -0.15) is 0 Å². The molecule has 164 valence electrons. The summed E-state index contributed by atoms with van der Waals surface area (Å²) >= 11 is 0. The molecule has 2 saturated heterocycles. The number of para-hydroxylation sites is 2. The molecule has 3 heterocycles. The van der Waals surface area contributed by atoms with Crippen molar-refractivity contribution in [3.63, 3.8) is 0 Å². The molecule has 0 spiro atoms. The fraction of sp³-hybridized carbons (Fsp3) is 0.185. The molecule has 1 aromatic heterocycles. The maximum atomic E-state index is 13.8. The smallest absolute Gasteiger partial charge is 0.266 e. The first-order chi connectivity index (χ1) is 16.0. The second-order valence-electron chi connectivity index (χ2n) is 8.72. The van der Waals surface area contributed by atoms with Gasteiger partial charge in [0.1, 0.15) is 5.92 Å². The molecule has 2 fully saturated rings. The summed E-state index contributed by atoms with van der Waals surface area (Å²) in [6.07, 6.45) is -0.878. The van der Waals surface area contributed by atoms with Crippen LogP contribution in [0.25, 0.3) is 10.9 Å². The van der Waals surface area contributed by atoms with Gasteiger partial charge in [0.25, 0.3) is 5.91 Å².